The quantitative estimate of drug-likeness (QED) is 0.837. The van der Waals surface area contributed by atoms with Crippen LogP contribution in [0.2, 0.25) is 0 Å². The molecule has 1 amide bonds. The summed E-state index contributed by atoms with van der Waals surface area (Å²) in [7, 11) is 0. The fourth-order valence-electron chi connectivity index (χ4n) is 2.55. The second-order valence-corrected chi connectivity index (χ2v) is 6.32. The lowest BCUT2D eigenvalue weighted by atomic mass is 10.2. The van der Waals surface area contributed by atoms with Gasteiger partial charge in [0.25, 0.3) is 5.91 Å². The molecule has 3 heterocycles. The van der Waals surface area contributed by atoms with Gasteiger partial charge in [-0.1, -0.05) is 0 Å². The Balaban J connectivity index is 1.97. The maximum atomic E-state index is 12.8. The summed E-state index contributed by atoms with van der Waals surface area (Å²) in [5.74, 6) is -0.0278. The van der Waals surface area contributed by atoms with Crippen molar-refractivity contribution in [2.24, 2.45) is 0 Å². The van der Waals surface area contributed by atoms with E-state index in [0.717, 1.165) is 28.0 Å². The maximum absolute atomic E-state index is 12.8. The van der Waals surface area contributed by atoms with Gasteiger partial charge in [-0.15, -0.1) is 0 Å². The molecule has 21 heavy (non-hydrogen) atoms. The van der Waals surface area contributed by atoms with Gasteiger partial charge in [-0.3, -0.25) is 14.5 Å². The van der Waals surface area contributed by atoms with Gasteiger partial charge in [0.1, 0.15) is 4.60 Å². The highest BCUT2D eigenvalue weighted by Gasteiger charge is 2.29. The lowest BCUT2D eigenvalue weighted by molar-refractivity contribution is 0.0988. The SMILES string of the molecule is Cc1cnc2c(c1)N(C(=O)c1cnn(C(C)C)c1Br)CC2. The zero-order valence-electron chi connectivity index (χ0n) is 12.3. The van der Waals surface area contributed by atoms with Gasteiger partial charge in [-0.25, -0.2) is 0 Å². The van der Waals surface area contributed by atoms with E-state index in [1.54, 1.807) is 15.8 Å². The summed E-state index contributed by atoms with van der Waals surface area (Å²) >= 11 is 3.49. The molecule has 0 aliphatic carbocycles. The predicted octanol–water partition coefficient (Wildman–Crippen LogP) is 3.13. The van der Waals surface area contributed by atoms with Crippen LogP contribution in [-0.4, -0.2) is 27.2 Å². The number of hydrogen-bond acceptors (Lipinski definition) is 3. The third kappa shape index (κ3) is 2.37. The first-order valence-corrected chi connectivity index (χ1v) is 7.78. The molecule has 1 aliphatic rings. The molecule has 0 atom stereocenters. The predicted molar refractivity (Wildman–Crippen MR) is 84.7 cm³/mol. The van der Waals surface area contributed by atoms with Gasteiger partial charge < -0.3 is 4.90 Å². The Labute approximate surface area is 132 Å². The second kappa shape index (κ2) is 5.26. The summed E-state index contributed by atoms with van der Waals surface area (Å²) in [5.41, 5.74) is 3.56. The number of aromatic nitrogens is 3. The largest absolute Gasteiger partial charge is 0.306 e. The van der Waals surface area contributed by atoms with E-state index in [9.17, 15) is 4.79 Å². The number of pyridine rings is 1. The highest BCUT2D eigenvalue weighted by atomic mass is 79.9. The molecule has 0 fully saturated rings. The Hall–Kier alpha value is -1.69. The topological polar surface area (TPSA) is 51.0 Å². The van der Waals surface area contributed by atoms with Gasteiger partial charge in [-0.05, 0) is 48.3 Å². The lowest BCUT2D eigenvalue weighted by Gasteiger charge is -2.17. The average molecular weight is 349 g/mol. The molecule has 1 aliphatic heterocycles. The van der Waals surface area contributed by atoms with Crippen LogP contribution in [0.1, 0.15) is 41.5 Å². The standard InChI is InChI=1S/C15H17BrN4O/c1-9(2)20-14(16)11(8-18-20)15(21)19-5-4-12-13(19)6-10(3)7-17-12/h6-9H,4-5H2,1-3H3. The summed E-state index contributed by atoms with van der Waals surface area (Å²) < 4.78 is 2.54. The number of nitrogens with zero attached hydrogens (tertiary/aromatic N) is 4. The normalized spacial score (nSPS) is 13.9. The van der Waals surface area contributed by atoms with Gasteiger partial charge in [0.05, 0.1) is 23.1 Å². The Morgan fingerprint density at radius 1 is 1.38 bits per heavy atom. The number of anilines is 1. The van der Waals surface area contributed by atoms with E-state index in [-0.39, 0.29) is 11.9 Å². The average Bonchev–Trinajstić information content (AvgIpc) is 3.01. The van der Waals surface area contributed by atoms with E-state index in [0.29, 0.717) is 12.1 Å². The number of amides is 1. The minimum atomic E-state index is -0.0278. The van der Waals surface area contributed by atoms with Crippen LogP contribution in [0.5, 0.6) is 0 Å². The minimum absolute atomic E-state index is 0.0278. The third-order valence-corrected chi connectivity index (χ3v) is 4.44. The first-order chi connectivity index (χ1) is 9.99. The third-order valence-electron chi connectivity index (χ3n) is 3.65. The van der Waals surface area contributed by atoms with Crippen molar-refractivity contribution in [1.29, 1.82) is 0 Å². The molecule has 5 nitrogen and oxygen atoms in total. The van der Waals surface area contributed by atoms with Crippen LogP contribution in [-0.2, 0) is 6.42 Å². The zero-order chi connectivity index (χ0) is 15.1. The van der Waals surface area contributed by atoms with E-state index in [2.05, 4.69) is 26.0 Å². The lowest BCUT2D eigenvalue weighted by Crippen LogP contribution is -2.29. The number of rotatable bonds is 2. The van der Waals surface area contributed by atoms with Crippen LogP contribution in [0.15, 0.2) is 23.1 Å². The van der Waals surface area contributed by atoms with Crippen LogP contribution in [0.25, 0.3) is 0 Å². The van der Waals surface area contributed by atoms with Gasteiger partial charge in [0.2, 0.25) is 0 Å². The van der Waals surface area contributed by atoms with E-state index in [4.69, 9.17) is 0 Å². The molecule has 0 unspecified atom stereocenters. The van der Waals surface area contributed by atoms with Crippen LogP contribution in [0.3, 0.4) is 0 Å². The molecule has 0 radical (unpaired) electrons. The van der Waals surface area contributed by atoms with Crippen molar-refractivity contribution in [3.05, 3.63) is 39.9 Å². The molecule has 0 N–H and O–H groups in total. The van der Waals surface area contributed by atoms with E-state index < -0.39 is 0 Å². The molecule has 0 aromatic carbocycles. The van der Waals surface area contributed by atoms with Crippen molar-refractivity contribution in [2.75, 3.05) is 11.4 Å². The number of carbonyl (C=O) groups is 1. The highest BCUT2D eigenvalue weighted by molar-refractivity contribution is 9.10. The molecular formula is C15H17BrN4O. The molecule has 0 saturated heterocycles. The van der Waals surface area contributed by atoms with Gasteiger partial charge >= 0.3 is 0 Å². The van der Waals surface area contributed by atoms with Crippen molar-refractivity contribution in [3.8, 4) is 0 Å². The highest BCUT2D eigenvalue weighted by Crippen LogP contribution is 2.30. The van der Waals surface area contributed by atoms with Crippen LogP contribution in [0.4, 0.5) is 5.69 Å². The van der Waals surface area contributed by atoms with Gasteiger partial charge in [0, 0.05) is 25.2 Å². The molecule has 2 aromatic rings. The summed E-state index contributed by atoms with van der Waals surface area (Å²) in [6, 6.07) is 2.23. The minimum Gasteiger partial charge on any atom is -0.306 e. The Morgan fingerprint density at radius 2 is 2.14 bits per heavy atom. The molecule has 3 rings (SSSR count). The zero-order valence-corrected chi connectivity index (χ0v) is 13.9. The molecule has 0 saturated carbocycles. The van der Waals surface area contributed by atoms with E-state index in [1.165, 1.54) is 0 Å². The Morgan fingerprint density at radius 3 is 2.81 bits per heavy atom. The molecule has 6 heteroatoms. The molecular weight excluding hydrogens is 332 g/mol. The second-order valence-electron chi connectivity index (χ2n) is 5.57. The summed E-state index contributed by atoms with van der Waals surface area (Å²) in [4.78, 5) is 19.0. The van der Waals surface area contributed by atoms with E-state index >= 15 is 0 Å². The molecule has 2 aromatic heterocycles. The molecule has 0 bridgehead atoms. The first kappa shape index (κ1) is 14.3. The fourth-order valence-corrected chi connectivity index (χ4v) is 3.33. The van der Waals surface area contributed by atoms with Crippen molar-refractivity contribution in [2.45, 2.75) is 33.2 Å². The van der Waals surface area contributed by atoms with Crippen LogP contribution < -0.4 is 4.90 Å². The maximum Gasteiger partial charge on any atom is 0.262 e. The van der Waals surface area contributed by atoms with Crippen LogP contribution in [0, 0.1) is 6.92 Å². The van der Waals surface area contributed by atoms with Gasteiger partial charge in [0.15, 0.2) is 0 Å². The summed E-state index contributed by atoms with van der Waals surface area (Å²) in [6.07, 6.45) is 4.28. The van der Waals surface area contributed by atoms with Crippen LogP contribution >= 0.6 is 15.9 Å². The first-order valence-electron chi connectivity index (χ1n) is 6.99. The van der Waals surface area contributed by atoms with Gasteiger partial charge in [-0.2, -0.15) is 5.10 Å². The van der Waals surface area contributed by atoms with Crippen molar-refractivity contribution >= 4 is 27.5 Å². The fraction of sp³-hybridized carbons (Fsp3) is 0.400. The van der Waals surface area contributed by atoms with Crippen molar-refractivity contribution < 1.29 is 4.79 Å². The van der Waals surface area contributed by atoms with E-state index in [1.807, 2.05) is 33.0 Å². The number of hydrogen-bond donors (Lipinski definition) is 0. The number of aryl methyl sites for hydroxylation is 1. The Bertz CT molecular complexity index is 708. The Kier molecular flexibility index (Phi) is 3.57. The monoisotopic (exact) mass is 348 g/mol. The van der Waals surface area contributed by atoms with Crippen molar-refractivity contribution in [1.82, 2.24) is 14.8 Å². The smallest absolute Gasteiger partial charge is 0.262 e. The summed E-state index contributed by atoms with van der Waals surface area (Å²) in [6.45, 7) is 6.72. The molecule has 110 valence electrons. The number of carbonyl (C=O) groups excluding carboxylic acids is 1. The van der Waals surface area contributed by atoms with Crippen molar-refractivity contribution in [3.63, 3.8) is 0 Å². The molecule has 0 spiro atoms. The summed E-state index contributed by atoms with van der Waals surface area (Å²) in [5, 5.41) is 4.29. The number of halogens is 1. The number of fused-ring (bicyclic) bond motifs is 1.